The summed E-state index contributed by atoms with van der Waals surface area (Å²) in [5, 5.41) is 12.2. The highest BCUT2D eigenvalue weighted by molar-refractivity contribution is 6.03. The summed E-state index contributed by atoms with van der Waals surface area (Å²) < 4.78 is 6.75. The summed E-state index contributed by atoms with van der Waals surface area (Å²) in [5.74, 6) is 0.749. The predicted octanol–water partition coefficient (Wildman–Crippen LogP) is 3.03. The van der Waals surface area contributed by atoms with E-state index in [-0.39, 0.29) is 12.2 Å². The van der Waals surface area contributed by atoms with E-state index < -0.39 is 0 Å². The van der Waals surface area contributed by atoms with Crippen LogP contribution in [0.25, 0.3) is 16.9 Å². The molecule has 0 aliphatic heterocycles. The van der Waals surface area contributed by atoms with Crippen molar-refractivity contribution < 1.29 is 9.84 Å². The van der Waals surface area contributed by atoms with E-state index in [1.54, 1.807) is 7.11 Å². The van der Waals surface area contributed by atoms with E-state index in [9.17, 15) is 4.79 Å². The Morgan fingerprint density at radius 1 is 1.15 bits per heavy atom. The fourth-order valence-electron chi connectivity index (χ4n) is 2.89. The standard InChI is InChI=1S/C21H23N3O3/c1-15(22-13-6-14-25)19-20(16-9-11-18(27-2)12-10-16)23-24(21(19)26)17-7-4-3-5-8-17/h3-5,7-12,23,25H,6,13-14H2,1-2H3. The Kier molecular flexibility index (Phi) is 5.88. The molecule has 140 valence electrons. The quantitative estimate of drug-likeness (QED) is 0.499. The van der Waals surface area contributed by atoms with E-state index in [1.165, 1.54) is 4.68 Å². The maximum Gasteiger partial charge on any atom is 0.280 e. The Bertz CT molecular complexity index is 970. The number of aromatic nitrogens is 2. The number of methoxy groups -OCH3 is 1. The first-order chi connectivity index (χ1) is 13.2. The first kappa shape index (κ1) is 18.7. The van der Waals surface area contributed by atoms with E-state index in [2.05, 4.69) is 10.1 Å². The SMILES string of the molecule is COc1ccc(-c2[nH]n(-c3ccccc3)c(=O)c2C(C)=NCCCO)cc1. The molecule has 0 fully saturated rings. The van der Waals surface area contributed by atoms with Crippen LogP contribution in [0.5, 0.6) is 5.75 Å². The van der Waals surface area contributed by atoms with Crippen LogP contribution in [-0.4, -0.2) is 40.9 Å². The number of H-pyrrole nitrogens is 1. The molecule has 2 aromatic carbocycles. The maximum absolute atomic E-state index is 13.1. The van der Waals surface area contributed by atoms with Crippen LogP contribution in [0, 0.1) is 0 Å². The minimum absolute atomic E-state index is 0.0729. The number of nitrogens with one attached hydrogen (secondary N) is 1. The molecule has 0 bridgehead atoms. The molecule has 0 radical (unpaired) electrons. The van der Waals surface area contributed by atoms with Crippen molar-refractivity contribution in [3.8, 4) is 22.7 Å². The van der Waals surface area contributed by atoms with Crippen molar-refractivity contribution in [3.05, 3.63) is 70.5 Å². The Morgan fingerprint density at radius 2 is 1.85 bits per heavy atom. The molecule has 0 unspecified atom stereocenters. The number of hydrogen-bond donors (Lipinski definition) is 2. The second kappa shape index (κ2) is 8.51. The number of benzene rings is 2. The number of nitrogens with zero attached hydrogens (tertiary/aromatic N) is 2. The van der Waals surface area contributed by atoms with Crippen LogP contribution in [0.1, 0.15) is 18.9 Å². The van der Waals surface area contributed by atoms with Gasteiger partial charge in [0.15, 0.2) is 0 Å². The number of aromatic amines is 1. The van der Waals surface area contributed by atoms with Crippen LogP contribution >= 0.6 is 0 Å². The first-order valence-electron chi connectivity index (χ1n) is 8.83. The predicted molar refractivity (Wildman–Crippen MR) is 107 cm³/mol. The lowest BCUT2D eigenvalue weighted by Gasteiger charge is -2.05. The van der Waals surface area contributed by atoms with Gasteiger partial charge in [-0.3, -0.25) is 14.9 Å². The van der Waals surface area contributed by atoms with Gasteiger partial charge < -0.3 is 9.84 Å². The Balaban J connectivity index is 2.15. The van der Waals surface area contributed by atoms with Gasteiger partial charge in [-0.2, -0.15) is 0 Å². The number of rotatable bonds is 7. The molecule has 0 amide bonds. The average molecular weight is 365 g/mol. The van der Waals surface area contributed by atoms with Crippen LogP contribution < -0.4 is 10.3 Å². The average Bonchev–Trinajstić information content (AvgIpc) is 3.06. The first-order valence-corrected chi connectivity index (χ1v) is 8.83. The van der Waals surface area contributed by atoms with Gasteiger partial charge in [0.2, 0.25) is 0 Å². The molecule has 0 spiro atoms. The van der Waals surface area contributed by atoms with E-state index in [4.69, 9.17) is 9.84 Å². The molecule has 0 aliphatic rings. The molecule has 1 aromatic heterocycles. The number of aliphatic imine (C=N–C) groups is 1. The monoisotopic (exact) mass is 365 g/mol. The lowest BCUT2D eigenvalue weighted by molar-refractivity contribution is 0.291. The molecular weight excluding hydrogens is 342 g/mol. The summed E-state index contributed by atoms with van der Waals surface area (Å²) in [7, 11) is 1.62. The summed E-state index contributed by atoms with van der Waals surface area (Å²) >= 11 is 0. The highest BCUT2D eigenvalue weighted by Crippen LogP contribution is 2.24. The molecule has 27 heavy (non-hydrogen) atoms. The highest BCUT2D eigenvalue weighted by atomic mass is 16.5. The van der Waals surface area contributed by atoms with E-state index in [0.717, 1.165) is 17.0 Å². The van der Waals surface area contributed by atoms with Crippen LogP contribution in [0.15, 0.2) is 64.4 Å². The smallest absolute Gasteiger partial charge is 0.280 e. The summed E-state index contributed by atoms with van der Waals surface area (Å²) in [5.41, 5.74) is 3.35. The Morgan fingerprint density at radius 3 is 2.48 bits per heavy atom. The third-order valence-corrected chi connectivity index (χ3v) is 4.31. The summed E-state index contributed by atoms with van der Waals surface area (Å²) in [6.45, 7) is 2.37. The van der Waals surface area contributed by atoms with E-state index >= 15 is 0 Å². The van der Waals surface area contributed by atoms with E-state index in [0.29, 0.717) is 29.9 Å². The van der Waals surface area contributed by atoms with Gasteiger partial charge in [-0.25, -0.2) is 4.68 Å². The third kappa shape index (κ3) is 4.01. The topological polar surface area (TPSA) is 79.6 Å². The second-order valence-electron chi connectivity index (χ2n) is 6.11. The van der Waals surface area contributed by atoms with Crippen LogP contribution in [0.4, 0.5) is 0 Å². The summed E-state index contributed by atoms with van der Waals surface area (Å²) in [4.78, 5) is 17.6. The minimum atomic E-state index is -0.155. The Labute approximate surface area is 157 Å². The fraction of sp³-hybridized carbons (Fsp3) is 0.238. The molecule has 3 aromatic rings. The molecule has 0 saturated carbocycles. The summed E-state index contributed by atoms with van der Waals surface area (Å²) in [6.07, 6.45) is 0.562. The van der Waals surface area contributed by atoms with Crippen LogP contribution in [0.2, 0.25) is 0 Å². The van der Waals surface area contributed by atoms with Gasteiger partial charge >= 0.3 is 0 Å². The molecule has 2 N–H and O–H groups in total. The molecule has 0 atom stereocenters. The lowest BCUT2D eigenvalue weighted by Crippen LogP contribution is -2.19. The Hall–Kier alpha value is -3.12. The second-order valence-corrected chi connectivity index (χ2v) is 6.11. The van der Waals surface area contributed by atoms with Gasteiger partial charge in [-0.05, 0) is 49.7 Å². The van der Waals surface area contributed by atoms with Crippen molar-refractivity contribution in [2.24, 2.45) is 4.99 Å². The zero-order chi connectivity index (χ0) is 19.2. The van der Waals surface area contributed by atoms with Gasteiger partial charge in [-0.15, -0.1) is 0 Å². The molecule has 1 heterocycles. The lowest BCUT2D eigenvalue weighted by atomic mass is 10.0. The third-order valence-electron chi connectivity index (χ3n) is 4.31. The highest BCUT2D eigenvalue weighted by Gasteiger charge is 2.19. The molecule has 6 heteroatoms. The number of ether oxygens (including phenoxy) is 1. The zero-order valence-electron chi connectivity index (χ0n) is 15.5. The van der Waals surface area contributed by atoms with Crippen molar-refractivity contribution in [3.63, 3.8) is 0 Å². The van der Waals surface area contributed by atoms with E-state index in [1.807, 2.05) is 61.5 Å². The normalized spacial score (nSPS) is 11.6. The van der Waals surface area contributed by atoms with Gasteiger partial charge in [0.25, 0.3) is 5.56 Å². The number of hydrogen-bond acceptors (Lipinski definition) is 4. The van der Waals surface area contributed by atoms with Gasteiger partial charge in [0.1, 0.15) is 5.75 Å². The van der Waals surface area contributed by atoms with Crippen molar-refractivity contribution in [2.45, 2.75) is 13.3 Å². The van der Waals surface area contributed by atoms with Gasteiger partial charge in [0, 0.05) is 24.4 Å². The van der Waals surface area contributed by atoms with Crippen molar-refractivity contribution in [2.75, 3.05) is 20.3 Å². The number of aliphatic hydroxyl groups excluding tert-OH is 1. The maximum atomic E-state index is 13.1. The fourth-order valence-corrected chi connectivity index (χ4v) is 2.89. The van der Waals surface area contributed by atoms with Crippen molar-refractivity contribution >= 4 is 5.71 Å². The summed E-state index contributed by atoms with van der Waals surface area (Å²) in [6, 6.07) is 17.0. The van der Waals surface area contributed by atoms with Crippen molar-refractivity contribution in [1.29, 1.82) is 0 Å². The number of para-hydroxylation sites is 1. The molecule has 3 rings (SSSR count). The molecular formula is C21H23N3O3. The number of aliphatic hydroxyl groups is 1. The largest absolute Gasteiger partial charge is 0.497 e. The van der Waals surface area contributed by atoms with Gasteiger partial charge in [0.05, 0.1) is 24.1 Å². The molecule has 6 nitrogen and oxygen atoms in total. The minimum Gasteiger partial charge on any atom is -0.497 e. The van der Waals surface area contributed by atoms with Crippen molar-refractivity contribution in [1.82, 2.24) is 9.78 Å². The van der Waals surface area contributed by atoms with Crippen LogP contribution in [-0.2, 0) is 0 Å². The molecule has 0 saturated heterocycles. The zero-order valence-corrected chi connectivity index (χ0v) is 15.5. The van der Waals surface area contributed by atoms with Crippen LogP contribution in [0.3, 0.4) is 0 Å². The van der Waals surface area contributed by atoms with Gasteiger partial charge in [-0.1, -0.05) is 18.2 Å². The molecule has 0 aliphatic carbocycles.